The van der Waals surface area contributed by atoms with Crippen molar-refractivity contribution in [2.24, 2.45) is 0 Å². The van der Waals surface area contributed by atoms with Gasteiger partial charge in [0.2, 0.25) is 0 Å². The van der Waals surface area contributed by atoms with Gasteiger partial charge in [-0.1, -0.05) is 66.7 Å². The third kappa shape index (κ3) is 3.33. The predicted molar refractivity (Wildman–Crippen MR) is 82.4 cm³/mol. The van der Waals surface area contributed by atoms with Crippen molar-refractivity contribution in [1.82, 2.24) is 5.32 Å². The quantitative estimate of drug-likeness (QED) is 0.766. The van der Waals surface area contributed by atoms with E-state index in [0.29, 0.717) is 12.0 Å². The second-order valence-electron chi connectivity index (χ2n) is 4.72. The standard InChI is InChI=1S/C18H21N/c1-3-10-17(19-2)18(15-11-6-4-7-12-15)16-13-8-5-9-14-16/h3-9,11-14,17-19H,1,10H2,2H3. The molecule has 0 heterocycles. The Kier molecular flexibility index (Phi) is 4.93. The second-order valence-corrected chi connectivity index (χ2v) is 4.72. The Hall–Kier alpha value is -1.86. The summed E-state index contributed by atoms with van der Waals surface area (Å²) in [5.41, 5.74) is 2.69. The van der Waals surface area contributed by atoms with Crippen LogP contribution in [0.1, 0.15) is 23.5 Å². The van der Waals surface area contributed by atoms with Gasteiger partial charge in [-0.2, -0.15) is 0 Å². The molecule has 0 spiro atoms. The summed E-state index contributed by atoms with van der Waals surface area (Å²) in [6.45, 7) is 3.88. The Morgan fingerprint density at radius 2 is 1.42 bits per heavy atom. The minimum absolute atomic E-state index is 0.352. The van der Waals surface area contributed by atoms with E-state index >= 15 is 0 Å². The van der Waals surface area contributed by atoms with Crippen molar-refractivity contribution in [3.63, 3.8) is 0 Å². The number of likely N-dealkylation sites (N-methyl/N-ethyl adjacent to an activating group) is 1. The van der Waals surface area contributed by atoms with Crippen LogP contribution in [0.5, 0.6) is 0 Å². The van der Waals surface area contributed by atoms with Crippen LogP contribution in [0.2, 0.25) is 0 Å². The molecule has 1 atom stereocenters. The molecule has 1 unspecified atom stereocenters. The van der Waals surface area contributed by atoms with Gasteiger partial charge in [0.1, 0.15) is 0 Å². The zero-order valence-electron chi connectivity index (χ0n) is 11.4. The van der Waals surface area contributed by atoms with Crippen molar-refractivity contribution >= 4 is 0 Å². The lowest BCUT2D eigenvalue weighted by Crippen LogP contribution is -2.32. The van der Waals surface area contributed by atoms with E-state index in [0.717, 1.165) is 6.42 Å². The number of benzene rings is 2. The summed E-state index contributed by atoms with van der Waals surface area (Å²) in [4.78, 5) is 0. The van der Waals surface area contributed by atoms with E-state index in [1.807, 2.05) is 13.1 Å². The molecule has 1 nitrogen and oxygen atoms in total. The average Bonchev–Trinajstić information content (AvgIpc) is 2.49. The highest BCUT2D eigenvalue weighted by Crippen LogP contribution is 2.29. The van der Waals surface area contributed by atoms with E-state index in [4.69, 9.17) is 0 Å². The Labute approximate surface area is 116 Å². The van der Waals surface area contributed by atoms with E-state index in [1.165, 1.54) is 11.1 Å². The monoisotopic (exact) mass is 251 g/mol. The maximum absolute atomic E-state index is 3.88. The van der Waals surface area contributed by atoms with Gasteiger partial charge in [0.05, 0.1) is 0 Å². The van der Waals surface area contributed by atoms with Crippen LogP contribution in [0, 0.1) is 0 Å². The highest BCUT2D eigenvalue weighted by molar-refractivity contribution is 5.34. The van der Waals surface area contributed by atoms with Crippen LogP contribution in [0.15, 0.2) is 73.3 Å². The van der Waals surface area contributed by atoms with Gasteiger partial charge in [0.15, 0.2) is 0 Å². The van der Waals surface area contributed by atoms with Gasteiger partial charge >= 0.3 is 0 Å². The fraction of sp³-hybridized carbons (Fsp3) is 0.222. The lowest BCUT2D eigenvalue weighted by Gasteiger charge is -2.27. The average molecular weight is 251 g/mol. The Balaban J connectivity index is 2.41. The molecule has 98 valence electrons. The van der Waals surface area contributed by atoms with Gasteiger partial charge in [-0.05, 0) is 24.6 Å². The predicted octanol–water partition coefficient (Wildman–Crippen LogP) is 3.98. The maximum atomic E-state index is 3.88. The van der Waals surface area contributed by atoms with Crippen molar-refractivity contribution < 1.29 is 0 Å². The lowest BCUT2D eigenvalue weighted by molar-refractivity contribution is 0.511. The first kappa shape index (κ1) is 13.6. The highest BCUT2D eigenvalue weighted by atomic mass is 14.9. The molecule has 0 saturated carbocycles. The molecule has 0 aliphatic heterocycles. The van der Waals surface area contributed by atoms with Crippen molar-refractivity contribution in [3.05, 3.63) is 84.4 Å². The summed E-state index contributed by atoms with van der Waals surface area (Å²) >= 11 is 0. The van der Waals surface area contributed by atoms with Crippen molar-refractivity contribution in [2.75, 3.05) is 7.05 Å². The molecular formula is C18H21N. The van der Waals surface area contributed by atoms with Crippen LogP contribution < -0.4 is 5.32 Å². The second kappa shape index (κ2) is 6.91. The van der Waals surface area contributed by atoms with Crippen LogP contribution >= 0.6 is 0 Å². The molecule has 0 saturated heterocycles. The summed E-state index contributed by atoms with van der Waals surface area (Å²) in [6.07, 6.45) is 2.94. The summed E-state index contributed by atoms with van der Waals surface area (Å²) in [5, 5.41) is 3.43. The van der Waals surface area contributed by atoms with Crippen LogP contribution in [-0.2, 0) is 0 Å². The van der Waals surface area contributed by atoms with Crippen LogP contribution in [0.25, 0.3) is 0 Å². The van der Waals surface area contributed by atoms with E-state index in [1.54, 1.807) is 0 Å². The van der Waals surface area contributed by atoms with E-state index in [9.17, 15) is 0 Å². The first-order valence-electron chi connectivity index (χ1n) is 6.75. The minimum Gasteiger partial charge on any atom is -0.316 e. The minimum atomic E-state index is 0.352. The first-order valence-corrected chi connectivity index (χ1v) is 6.75. The molecule has 2 rings (SSSR count). The van der Waals surface area contributed by atoms with E-state index in [2.05, 4.69) is 72.6 Å². The molecule has 0 fully saturated rings. The molecule has 0 amide bonds. The van der Waals surface area contributed by atoms with E-state index in [-0.39, 0.29) is 0 Å². The smallest absolute Gasteiger partial charge is 0.0246 e. The number of rotatable bonds is 6. The summed E-state index contributed by atoms with van der Waals surface area (Å²) in [5.74, 6) is 0.352. The largest absolute Gasteiger partial charge is 0.316 e. The van der Waals surface area contributed by atoms with Gasteiger partial charge in [0.25, 0.3) is 0 Å². The molecule has 0 radical (unpaired) electrons. The molecule has 0 bridgehead atoms. The topological polar surface area (TPSA) is 12.0 Å². The molecule has 1 N–H and O–H groups in total. The van der Waals surface area contributed by atoms with Crippen LogP contribution in [-0.4, -0.2) is 13.1 Å². The zero-order chi connectivity index (χ0) is 13.5. The summed E-state index contributed by atoms with van der Waals surface area (Å²) in [6, 6.07) is 21.7. The SMILES string of the molecule is C=CCC(NC)C(c1ccccc1)c1ccccc1. The summed E-state index contributed by atoms with van der Waals surface area (Å²) in [7, 11) is 2.02. The fourth-order valence-corrected chi connectivity index (χ4v) is 2.58. The molecule has 19 heavy (non-hydrogen) atoms. The molecule has 2 aromatic rings. The van der Waals surface area contributed by atoms with Crippen molar-refractivity contribution in [3.8, 4) is 0 Å². The van der Waals surface area contributed by atoms with Gasteiger partial charge in [0, 0.05) is 12.0 Å². The molecule has 0 aliphatic carbocycles. The number of hydrogen-bond donors (Lipinski definition) is 1. The first-order chi connectivity index (χ1) is 9.36. The summed E-state index contributed by atoms with van der Waals surface area (Å²) < 4.78 is 0. The maximum Gasteiger partial charge on any atom is 0.0246 e. The number of nitrogens with one attached hydrogen (secondary N) is 1. The van der Waals surface area contributed by atoms with Crippen LogP contribution in [0.4, 0.5) is 0 Å². The fourth-order valence-electron chi connectivity index (χ4n) is 2.58. The van der Waals surface area contributed by atoms with Gasteiger partial charge in [-0.3, -0.25) is 0 Å². The van der Waals surface area contributed by atoms with Gasteiger partial charge in [-0.15, -0.1) is 6.58 Å². The molecule has 0 aliphatic rings. The third-order valence-corrected chi connectivity index (χ3v) is 3.51. The van der Waals surface area contributed by atoms with Crippen molar-refractivity contribution in [1.29, 1.82) is 0 Å². The Morgan fingerprint density at radius 3 is 1.79 bits per heavy atom. The lowest BCUT2D eigenvalue weighted by atomic mass is 9.83. The molecule has 1 heteroatoms. The van der Waals surface area contributed by atoms with Crippen molar-refractivity contribution in [2.45, 2.75) is 18.4 Å². The molecule has 2 aromatic carbocycles. The number of hydrogen-bond acceptors (Lipinski definition) is 1. The Morgan fingerprint density at radius 1 is 0.947 bits per heavy atom. The van der Waals surface area contributed by atoms with E-state index < -0.39 is 0 Å². The Bertz CT molecular complexity index is 450. The normalized spacial score (nSPS) is 12.3. The highest BCUT2D eigenvalue weighted by Gasteiger charge is 2.22. The van der Waals surface area contributed by atoms with Gasteiger partial charge in [-0.25, -0.2) is 0 Å². The molecular weight excluding hydrogens is 230 g/mol. The van der Waals surface area contributed by atoms with Gasteiger partial charge < -0.3 is 5.32 Å². The molecule has 0 aromatic heterocycles. The zero-order valence-corrected chi connectivity index (χ0v) is 11.4. The third-order valence-electron chi connectivity index (χ3n) is 3.51. The van der Waals surface area contributed by atoms with Crippen LogP contribution in [0.3, 0.4) is 0 Å².